The van der Waals surface area contributed by atoms with Crippen LogP contribution < -0.4 is 10.6 Å². The second kappa shape index (κ2) is 10.6. The van der Waals surface area contributed by atoms with Crippen LogP contribution in [-0.2, 0) is 24.5 Å². The topological polar surface area (TPSA) is 88.7 Å². The average molecular weight is 524 g/mol. The number of alkyl halides is 3. The van der Waals surface area contributed by atoms with Crippen molar-refractivity contribution in [2.24, 2.45) is 7.05 Å². The number of anilines is 2. The molecule has 0 atom stereocenters. The molecule has 0 radical (unpaired) electrons. The average Bonchev–Trinajstić information content (AvgIpc) is 3.46. The third kappa shape index (κ3) is 5.80. The Hall–Kier alpha value is -4.34. The zero-order valence-electron chi connectivity index (χ0n) is 20.4. The van der Waals surface area contributed by atoms with Crippen molar-refractivity contribution in [2.75, 3.05) is 36.9 Å². The first-order chi connectivity index (χ1) is 18.3. The molecule has 1 saturated heterocycles. The predicted octanol–water partition coefficient (Wildman–Crippen LogP) is 3.96. The number of hydrogen-bond donors (Lipinski definition) is 2. The second-order valence-corrected chi connectivity index (χ2v) is 8.70. The van der Waals surface area contributed by atoms with E-state index in [1.54, 1.807) is 19.3 Å². The third-order valence-electron chi connectivity index (χ3n) is 6.03. The van der Waals surface area contributed by atoms with E-state index in [9.17, 15) is 18.0 Å². The summed E-state index contributed by atoms with van der Waals surface area (Å²) in [5, 5.41) is 9.21. The first-order valence-electron chi connectivity index (χ1n) is 11.8. The van der Waals surface area contributed by atoms with Crippen LogP contribution in [0.3, 0.4) is 0 Å². The number of hydrogen-bond acceptors (Lipinski definition) is 5. The molecule has 1 aliphatic heterocycles. The van der Waals surface area contributed by atoms with Crippen LogP contribution in [0.5, 0.6) is 0 Å². The van der Waals surface area contributed by atoms with Crippen LogP contribution in [-0.4, -0.2) is 56.4 Å². The molecule has 2 N–H and O–H groups in total. The molecule has 3 aromatic heterocycles. The molecule has 38 heavy (non-hydrogen) atoms. The summed E-state index contributed by atoms with van der Waals surface area (Å²) in [6.45, 7) is 2.26. The monoisotopic (exact) mass is 523 g/mol. The fourth-order valence-electron chi connectivity index (χ4n) is 4.13. The maximum atomic E-state index is 13.8. The highest BCUT2D eigenvalue weighted by molar-refractivity contribution is 5.99. The normalized spacial score (nSPS) is 14.2. The van der Waals surface area contributed by atoms with Gasteiger partial charge in [0.2, 0.25) is 0 Å². The van der Waals surface area contributed by atoms with Gasteiger partial charge in [-0.15, -0.1) is 0 Å². The van der Waals surface area contributed by atoms with Crippen LogP contribution in [0, 0.1) is 11.8 Å². The van der Waals surface area contributed by atoms with Crippen molar-refractivity contribution in [1.82, 2.24) is 24.1 Å². The molecule has 2 amide bonds. The minimum absolute atomic E-state index is 0.0177. The summed E-state index contributed by atoms with van der Waals surface area (Å²) in [6.07, 6.45) is -1.05. The van der Waals surface area contributed by atoms with Gasteiger partial charge in [0, 0.05) is 44.6 Å². The number of urea groups is 1. The van der Waals surface area contributed by atoms with Gasteiger partial charge in [-0.25, -0.2) is 9.78 Å². The Kier molecular flexibility index (Phi) is 7.04. The van der Waals surface area contributed by atoms with Crippen molar-refractivity contribution in [3.63, 3.8) is 0 Å². The molecule has 0 spiro atoms. The van der Waals surface area contributed by atoms with Gasteiger partial charge in [-0.05, 0) is 41.7 Å². The van der Waals surface area contributed by atoms with Gasteiger partial charge in [0.25, 0.3) is 0 Å². The molecule has 0 aliphatic carbocycles. The minimum atomic E-state index is -4.56. The lowest BCUT2D eigenvalue weighted by atomic mass is 10.0. The van der Waals surface area contributed by atoms with E-state index in [4.69, 9.17) is 4.74 Å². The fourth-order valence-corrected chi connectivity index (χ4v) is 4.13. The molecule has 1 aliphatic rings. The highest BCUT2D eigenvalue weighted by atomic mass is 19.4. The molecule has 0 saturated carbocycles. The number of carbonyl (C=O) groups excluding carboxylic acids is 1. The second-order valence-electron chi connectivity index (χ2n) is 8.70. The Bertz CT molecular complexity index is 1530. The number of morpholine rings is 1. The van der Waals surface area contributed by atoms with Crippen LogP contribution in [0.1, 0.15) is 22.5 Å². The van der Waals surface area contributed by atoms with Crippen LogP contribution in [0.4, 0.5) is 29.5 Å². The number of halogens is 3. The summed E-state index contributed by atoms with van der Waals surface area (Å²) >= 11 is 0. The number of pyridine rings is 1. The lowest BCUT2D eigenvalue weighted by molar-refractivity contribution is -0.138. The van der Waals surface area contributed by atoms with E-state index in [2.05, 4.69) is 32.6 Å². The molecule has 9 nitrogen and oxygen atoms in total. The van der Waals surface area contributed by atoms with Gasteiger partial charge in [0.1, 0.15) is 17.0 Å². The van der Waals surface area contributed by atoms with Gasteiger partial charge in [-0.2, -0.15) is 18.3 Å². The minimum Gasteiger partial charge on any atom is -0.379 e. The number of carbonyl (C=O) groups is 1. The van der Waals surface area contributed by atoms with E-state index < -0.39 is 17.8 Å². The number of imidazole rings is 1. The summed E-state index contributed by atoms with van der Waals surface area (Å²) in [4.78, 5) is 18.7. The summed E-state index contributed by atoms with van der Waals surface area (Å²) in [7, 11) is 1.67. The van der Waals surface area contributed by atoms with Crippen molar-refractivity contribution >= 4 is 23.2 Å². The van der Waals surface area contributed by atoms with E-state index in [0.717, 1.165) is 11.7 Å². The van der Waals surface area contributed by atoms with Crippen molar-refractivity contribution in [2.45, 2.75) is 12.7 Å². The lowest BCUT2D eigenvalue weighted by Gasteiger charge is -2.27. The molecule has 12 heteroatoms. The molecular weight excluding hydrogens is 499 g/mol. The van der Waals surface area contributed by atoms with Crippen molar-refractivity contribution in [3.05, 3.63) is 77.4 Å². The number of aryl methyl sites for hydroxylation is 1. The number of ether oxygens (including phenoxy) is 1. The third-order valence-corrected chi connectivity index (χ3v) is 6.03. The lowest BCUT2D eigenvalue weighted by Crippen LogP contribution is -2.36. The zero-order chi connectivity index (χ0) is 26.7. The summed E-state index contributed by atoms with van der Waals surface area (Å²) in [5.74, 6) is 6.23. The predicted molar refractivity (Wildman–Crippen MR) is 135 cm³/mol. The van der Waals surface area contributed by atoms with Crippen LogP contribution in [0.2, 0.25) is 0 Å². The summed E-state index contributed by atoms with van der Waals surface area (Å²) in [6, 6.07) is 10.3. The number of amides is 2. The number of nitrogens with zero attached hydrogens (tertiary/aromatic N) is 5. The Labute approximate surface area is 216 Å². The van der Waals surface area contributed by atoms with E-state index in [0.29, 0.717) is 37.7 Å². The standard InChI is InChI=1S/C26H24F3N7O2/c1-34-20(7-8-21-16-30-24-4-2-3-9-36(21)24)15-23(33-34)32-25(37)31-19-6-5-18(22(14-19)26(27,28)29)17-35-10-12-38-13-11-35/h2-6,9,14-16H,10-13,17H2,1H3,(H2,31,32,33,37). The molecular formula is C26H24F3N7O2. The Morgan fingerprint density at radius 3 is 2.66 bits per heavy atom. The number of fused-ring (bicyclic) bond motifs is 1. The first-order valence-corrected chi connectivity index (χ1v) is 11.8. The van der Waals surface area contributed by atoms with Gasteiger partial charge in [-0.3, -0.25) is 19.3 Å². The number of aromatic nitrogens is 4. The molecule has 196 valence electrons. The van der Waals surface area contributed by atoms with E-state index in [-0.39, 0.29) is 23.6 Å². The number of benzene rings is 1. The van der Waals surface area contributed by atoms with Crippen LogP contribution in [0.15, 0.2) is 54.9 Å². The molecule has 4 aromatic rings. The van der Waals surface area contributed by atoms with Crippen molar-refractivity contribution in [3.8, 4) is 11.8 Å². The first kappa shape index (κ1) is 25.3. The quantitative estimate of drug-likeness (QED) is 0.396. The zero-order valence-corrected chi connectivity index (χ0v) is 20.4. The van der Waals surface area contributed by atoms with Gasteiger partial charge >= 0.3 is 12.2 Å². The molecule has 1 aromatic carbocycles. The SMILES string of the molecule is Cn1nc(NC(=O)Nc2ccc(CN3CCOCC3)c(C(F)(F)F)c2)cc1C#Cc1cnc2ccccn12. The maximum Gasteiger partial charge on any atom is 0.416 e. The Morgan fingerprint density at radius 2 is 1.87 bits per heavy atom. The smallest absolute Gasteiger partial charge is 0.379 e. The Balaban J connectivity index is 1.27. The summed E-state index contributed by atoms with van der Waals surface area (Å²) in [5.41, 5.74) is 1.35. The number of nitrogens with one attached hydrogen (secondary N) is 2. The van der Waals surface area contributed by atoms with Gasteiger partial charge in [0.05, 0.1) is 25.0 Å². The van der Waals surface area contributed by atoms with Crippen LogP contribution >= 0.6 is 0 Å². The van der Waals surface area contributed by atoms with Crippen molar-refractivity contribution in [1.29, 1.82) is 0 Å². The van der Waals surface area contributed by atoms with Crippen molar-refractivity contribution < 1.29 is 22.7 Å². The highest BCUT2D eigenvalue weighted by Crippen LogP contribution is 2.34. The Morgan fingerprint density at radius 1 is 1.08 bits per heavy atom. The van der Waals surface area contributed by atoms with Gasteiger partial charge < -0.3 is 10.1 Å². The van der Waals surface area contributed by atoms with E-state index in [1.165, 1.54) is 16.8 Å². The number of rotatable bonds is 4. The maximum absolute atomic E-state index is 13.8. The molecule has 0 bridgehead atoms. The van der Waals surface area contributed by atoms with E-state index in [1.807, 2.05) is 33.7 Å². The van der Waals surface area contributed by atoms with E-state index >= 15 is 0 Å². The molecule has 4 heterocycles. The van der Waals surface area contributed by atoms with Crippen LogP contribution in [0.25, 0.3) is 5.65 Å². The summed E-state index contributed by atoms with van der Waals surface area (Å²) < 4.78 is 49.9. The fraction of sp³-hybridized carbons (Fsp3) is 0.269. The van der Waals surface area contributed by atoms with Gasteiger partial charge in [-0.1, -0.05) is 12.1 Å². The molecule has 5 rings (SSSR count). The highest BCUT2D eigenvalue weighted by Gasteiger charge is 2.34. The van der Waals surface area contributed by atoms with Gasteiger partial charge in [0.15, 0.2) is 5.82 Å². The molecule has 0 unspecified atom stereocenters. The molecule has 1 fully saturated rings. The largest absolute Gasteiger partial charge is 0.416 e.